The summed E-state index contributed by atoms with van der Waals surface area (Å²) in [5.74, 6) is 0.0251. The van der Waals surface area contributed by atoms with Gasteiger partial charge in [-0.05, 0) is 57.4 Å². The standard InChI is InChI=1S/C23H32N4O2S2/c1-5-21(22(28)26-31(4)29)25-23(30-3)27(20-12-10-17(2)11-13-20)15-14-18-8-6-7-9-19(18)16-24/h5,10-13,18-19H,6-9,14-15H2,1-4H3,(H,26,28)/b21-5+,25-23?. The average molecular weight is 461 g/mol. The largest absolute Gasteiger partial charge is 0.321 e. The highest BCUT2D eigenvalue weighted by Crippen LogP contribution is 2.33. The van der Waals surface area contributed by atoms with Gasteiger partial charge in [-0.2, -0.15) is 5.26 Å². The number of aryl methyl sites for hydroxylation is 1. The lowest BCUT2D eigenvalue weighted by Gasteiger charge is -2.31. The van der Waals surface area contributed by atoms with Gasteiger partial charge in [0.2, 0.25) is 0 Å². The molecule has 31 heavy (non-hydrogen) atoms. The third-order valence-corrected chi connectivity index (χ3v) is 6.67. The lowest BCUT2D eigenvalue weighted by atomic mass is 9.78. The molecule has 1 amide bonds. The van der Waals surface area contributed by atoms with Crippen molar-refractivity contribution in [2.75, 3.05) is 24.0 Å². The maximum atomic E-state index is 12.4. The van der Waals surface area contributed by atoms with Crippen LogP contribution in [0.3, 0.4) is 0 Å². The Hall–Kier alpha value is -2.11. The van der Waals surface area contributed by atoms with Crippen LogP contribution in [0.5, 0.6) is 0 Å². The molecule has 1 fully saturated rings. The zero-order valence-corrected chi connectivity index (χ0v) is 20.4. The number of aliphatic imine (C=N–C) groups is 1. The second-order valence-electron chi connectivity index (χ2n) is 7.71. The first-order valence-electron chi connectivity index (χ1n) is 10.6. The Morgan fingerprint density at radius 1 is 1.35 bits per heavy atom. The zero-order valence-electron chi connectivity index (χ0n) is 18.8. The molecular weight excluding hydrogens is 428 g/mol. The Kier molecular flexibility index (Phi) is 10.3. The summed E-state index contributed by atoms with van der Waals surface area (Å²) in [6.07, 6.45) is 10.2. The van der Waals surface area contributed by atoms with Gasteiger partial charge in [-0.3, -0.25) is 9.52 Å². The topological polar surface area (TPSA) is 85.6 Å². The van der Waals surface area contributed by atoms with E-state index in [1.54, 1.807) is 13.0 Å². The highest BCUT2D eigenvalue weighted by atomic mass is 32.2. The molecule has 0 bridgehead atoms. The Bertz CT molecular complexity index is 875. The highest BCUT2D eigenvalue weighted by Gasteiger charge is 2.26. The van der Waals surface area contributed by atoms with Crippen LogP contribution in [0.25, 0.3) is 0 Å². The van der Waals surface area contributed by atoms with Crippen molar-refractivity contribution in [2.24, 2.45) is 16.8 Å². The van der Waals surface area contributed by atoms with Crippen LogP contribution in [0.4, 0.5) is 5.69 Å². The molecular formula is C23H32N4O2S2. The van der Waals surface area contributed by atoms with Gasteiger partial charge in [0.1, 0.15) is 16.7 Å². The predicted molar refractivity (Wildman–Crippen MR) is 131 cm³/mol. The van der Waals surface area contributed by atoms with E-state index in [-0.39, 0.29) is 11.6 Å². The first-order valence-corrected chi connectivity index (χ1v) is 13.3. The number of rotatable bonds is 7. The maximum Gasteiger partial charge on any atom is 0.281 e. The zero-order chi connectivity index (χ0) is 22.8. The molecule has 1 aromatic carbocycles. The van der Waals surface area contributed by atoms with Gasteiger partial charge in [-0.25, -0.2) is 9.20 Å². The number of anilines is 1. The molecule has 0 heterocycles. The van der Waals surface area contributed by atoms with E-state index in [0.29, 0.717) is 17.6 Å². The van der Waals surface area contributed by atoms with E-state index < -0.39 is 16.9 Å². The Balaban J connectivity index is 2.33. The molecule has 0 aromatic heterocycles. The van der Waals surface area contributed by atoms with Crippen LogP contribution in [0.1, 0.15) is 44.6 Å². The summed E-state index contributed by atoms with van der Waals surface area (Å²) in [5.41, 5.74) is 2.39. The summed E-state index contributed by atoms with van der Waals surface area (Å²) >= 11 is 1.46. The third-order valence-electron chi connectivity index (χ3n) is 5.52. The van der Waals surface area contributed by atoms with Crippen molar-refractivity contribution >= 4 is 39.5 Å². The highest BCUT2D eigenvalue weighted by molar-refractivity contribution is 8.13. The molecule has 2 rings (SSSR count). The van der Waals surface area contributed by atoms with Crippen molar-refractivity contribution < 1.29 is 9.00 Å². The van der Waals surface area contributed by atoms with Crippen LogP contribution >= 0.6 is 11.8 Å². The fourth-order valence-electron chi connectivity index (χ4n) is 3.83. The molecule has 1 aromatic rings. The Morgan fingerprint density at radius 3 is 2.61 bits per heavy atom. The number of hydrogen-bond acceptors (Lipinski definition) is 5. The van der Waals surface area contributed by atoms with E-state index >= 15 is 0 Å². The monoisotopic (exact) mass is 460 g/mol. The summed E-state index contributed by atoms with van der Waals surface area (Å²) < 4.78 is 13.8. The number of carbonyl (C=O) groups excluding carboxylic acids is 1. The van der Waals surface area contributed by atoms with Gasteiger partial charge in [0, 0.05) is 24.4 Å². The first kappa shape index (κ1) is 25.2. The maximum absolute atomic E-state index is 12.4. The van der Waals surface area contributed by atoms with Crippen LogP contribution in [-0.2, 0) is 15.8 Å². The van der Waals surface area contributed by atoms with Gasteiger partial charge in [-0.15, -0.1) is 0 Å². The minimum atomic E-state index is -1.46. The number of benzene rings is 1. The third kappa shape index (κ3) is 7.51. The summed E-state index contributed by atoms with van der Waals surface area (Å²) in [6.45, 7) is 4.50. The van der Waals surface area contributed by atoms with Crippen molar-refractivity contribution in [1.29, 1.82) is 5.26 Å². The van der Waals surface area contributed by atoms with Crippen molar-refractivity contribution in [2.45, 2.75) is 46.0 Å². The molecule has 0 aliphatic heterocycles. The van der Waals surface area contributed by atoms with E-state index in [1.807, 2.05) is 13.2 Å². The Morgan fingerprint density at radius 2 is 2.03 bits per heavy atom. The van der Waals surface area contributed by atoms with Gasteiger partial charge in [0.25, 0.3) is 5.91 Å². The minimum absolute atomic E-state index is 0.111. The van der Waals surface area contributed by atoms with Gasteiger partial charge < -0.3 is 4.90 Å². The SMILES string of the molecule is C/C=C(/N=C(SC)N(CCC1CCCCC1C#N)c1ccc(C)cc1)C(=O)NS(C)=O. The van der Waals surface area contributed by atoms with Gasteiger partial charge in [-0.1, -0.05) is 48.4 Å². The minimum Gasteiger partial charge on any atom is -0.321 e. The lowest BCUT2D eigenvalue weighted by Crippen LogP contribution is -2.33. The fraction of sp³-hybridized carbons (Fsp3) is 0.522. The number of amidine groups is 1. The van der Waals surface area contributed by atoms with Crippen molar-refractivity contribution in [1.82, 2.24) is 4.72 Å². The number of nitriles is 1. The molecule has 0 saturated heterocycles. The second-order valence-corrected chi connectivity index (χ2v) is 9.60. The van der Waals surface area contributed by atoms with Gasteiger partial charge >= 0.3 is 0 Å². The average Bonchev–Trinajstić information content (AvgIpc) is 2.76. The van der Waals surface area contributed by atoms with Gasteiger partial charge in [0.05, 0.1) is 6.07 Å². The molecule has 3 unspecified atom stereocenters. The van der Waals surface area contributed by atoms with E-state index in [0.717, 1.165) is 31.4 Å². The Labute approximate surface area is 192 Å². The number of nitrogens with one attached hydrogen (secondary N) is 1. The summed E-state index contributed by atoms with van der Waals surface area (Å²) in [7, 11) is -1.46. The lowest BCUT2D eigenvalue weighted by molar-refractivity contribution is -0.115. The molecule has 3 atom stereocenters. The molecule has 0 spiro atoms. The molecule has 1 N–H and O–H groups in total. The van der Waals surface area contributed by atoms with Crippen LogP contribution in [0.2, 0.25) is 0 Å². The van der Waals surface area contributed by atoms with Crippen LogP contribution in [0, 0.1) is 30.1 Å². The first-order chi connectivity index (χ1) is 14.9. The molecule has 1 aliphatic carbocycles. The number of nitrogens with zero attached hydrogens (tertiary/aromatic N) is 3. The van der Waals surface area contributed by atoms with Crippen LogP contribution in [-0.4, -0.2) is 34.3 Å². The smallest absolute Gasteiger partial charge is 0.281 e. The second kappa shape index (κ2) is 12.7. The van der Waals surface area contributed by atoms with E-state index in [9.17, 15) is 14.3 Å². The van der Waals surface area contributed by atoms with Gasteiger partial charge in [0.15, 0.2) is 5.17 Å². The number of hydrogen-bond donors (Lipinski definition) is 1. The number of amides is 1. The normalized spacial score (nSPS) is 20.6. The van der Waals surface area contributed by atoms with Crippen molar-refractivity contribution in [3.63, 3.8) is 0 Å². The summed E-state index contributed by atoms with van der Waals surface area (Å²) in [5, 5.41) is 10.2. The van der Waals surface area contributed by atoms with E-state index in [4.69, 9.17) is 0 Å². The number of allylic oxidation sites excluding steroid dienone is 1. The molecule has 6 nitrogen and oxygen atoms in total. The summed E-state index contributed by atoms with van der Waals surface area (Å²) in [4.78, 5) is 19.1. The van der Waals surface area contributed by atoms with Crippen molar-refractivity contribution in [3.05, 3.63) is 41.6 Å². The van der Waals surface area contributed by atoms with Crippen molar-refractivity contribution in [3.8, 4) is 6.07 Å². The quantitative estimate of drug-likeness (QED) is 0.366. The summed E-state index contributed by atoms with van der Waals surface area (Å²) in [6, 6.07) is 10.7. The van der Waals surface area contributed by atoms with Crippen LogP contribution < -0.4 is 9.62 Å². The van der Waals surface area contributed by atoms with E-state index in [1.165, 1.54) is 30.0 Å². The predicted octanol–water partition coefficient (Wildman–Crippen LogP) is 4.55. The molecule has 1 aliphatic rings. The molecule has 8 heteroatoms. The molecule has 0 radical (unpaired) electrons. The number of carbonyl (C=O) groups is 1. The molecule has 1 saturated carbocycles. The van der Waals surface area contributed by atoms with E-state index in [2.05, 4.69) is 44.9 Å². The fourth-order valence-corrected chi connectivity index (χ4v) is 4.80. The number of thioether (sulfide) groups is 1. The van der Waals surface area contributed by atoms with Crippen LogP contribution in [0.15, 0.2) is 41.0 Å². The molecule has 168 valence electrons.